The number of carbonyl (C=O) groups excluding carboxylic acids is 2. The van der Waals surface area contributed by atoms with Gasteiger partial charge in [-0.05, 0) is 62.6 Å². The van der Waals surface area contributed by atoms with Gasteiger partial charge in [0.2, 0.25) is 11.8 Å². The Labute approximate surface area is 245 Å². The SMILES string of the molecule is CC[C@@H](C)NC(=O)[C@H](CC)N(Cc1ccc(C)cc1)C(=O)CN(c1cccc(C(F)(F)F)c1)S(=O)(=O)c1ccccc1. The van der Waals surface area contributed by atoms with E-state index in [-0.39, 0.29) is 29.6 Å². The number of carbonyl (C=O) groups is 2. The van der Waals surface area contributed by atoms with Crippen LogP contribution in [0.4, 0.5) is 18.9 Å². The zero-order valence-corrected chi connectivity index (χ0v) is 24.9. The molecule has 0 spiro atoms. The smallest absolute Gasteiger partial charge is 0.352 e. The van der Waals surface area contributed by atoms with Crippen LogP contribution in [0.1, 0.15) is 50.3 Å². The van der Waals surface area contributed by atoms with Gasteiger partial charge < -0.3 is 10.2 Å². The maximum atomic E-state index is 14.0. The summed E-state index contributed by atoms with van der Waals surface area (Å²) in [6, 6.07) is 17.2. The molecule has 3 aromatic carbocycles. The second-order valence-electron chi connectivity index (χ2n) is 10.1. The molecule has 2 amide bonds. The third-order valence-corrected chi connectivity index (χ3v) is 8.72. The Bertz CT molecular complexity index is 1460. The molecule has 3 rings (SSSR count). The molecule has 0 fully saturated rings. The fourth-order valence-corrected chi connectivity index (χ4v) is 5.76. The van der Waals surface area contributed by atoms with E-state index in [2.05, 4.69) is 5.32 Å². The maximum absolute atomic E-state index is 14.0. The van der Waals surface area contributed by atoms with Crippen molar-refractivity contribution in [2.24, 2.45) is 0 Å². The number of sulfonamides is 1. The van der Waals surface area contributed by atoms with Crippen molar-refractivity contribution in [3.63, 3.8) is 0 Å². The highest BCUT2D eigenvalue weighted by Gasteiger charge is 2.36. The van der Waals surface area contributed by atoms with Crippen LogP contribution in [0.2, 0.25) is 0 Å². The molecule has 3 aromatic rings. The summed E-state index contributed by atoms with van der Waals surface area (Å²) in [4.78, 5) is 28.4. The summed E-state index contributed by atoms with van der Waals surface area (Å²) in [6.07, 6.45) is -3.84. The highest BCUT2D eigenvalue weighted by Crippen LogP contribution is 2.33. The Morgan fingerprint density at radius 1 is 0.905 bits per heavy atom. The zero-order valence-electron chi connectivity index (χ0n) is 24.1. The van der Waals surface area contributed by atoms with Crippen LogP contribution in [-0.2, 0) is 32.3 Å². The summed E-state index contributed by atoms with van der Waals surface area (Å²) in [6.45, 7) is 6.55. The molecule has 2 atom stereocenters. The second kappa shape index (κ2) is 13.9. The molecule has 226 valence electrons. The third kappa shape index (κ3) is 8.12. The molecule has 0 aliphatic carbocycles. The predicted molar refractivity (Wildman–Crippen MR) is 156 cm³/mol. The summed E-state index contributed by atoms with van der Waals surface area (Å²) < 4.78 is 69.1. The Balaban J connectivity index is 2.10. The van der Waals surface area contributed by atoms with Crippen molar-refractivity contribution in [3.8, 4) is 0 Å². The van der Waals surface area contributed by atoms with Crippen molar-refractivity contribution >= 4 is 27.5 Å². The van der Waals surface area contributed by atoms with E-state index in [1.807, 2.05) is 32.9 Å². The van der Waals surface area contributed by atoms with Gasteiger partial charge in [-0.2, -0.15) is 13.2 Å². The molecule has 0 unspecified atom stereocenters. The minimum Gasteiger partial charge on any atom is -0.352 e. The number of nitrogens with one attached hydrogen (secondary N) is 1. The van der Waals surface area contributed by atoms with E-state index >= 15 is 0 Å². The highest BCUT2D eigenvalue weighted by molar-refractivity contribution is 7.92. The standard InChI is InChI=1S/C31H36F3N3O4S/c1-5-23(4)35-30(39)28(6-2)36(20-24-17-15-22(3)16-18-24)29(38)21-37(42(40,41)27-13-8-7-9-14-27)26-12-10-11-25(19-26)31(32,33)34/h7-19,23,28H,5-6,20-21H2,1-4H3,(H,35,39)/t23-,28+/m1/s1. The van der Waals surface area contributed by atoms with Crippen LogP contribution in [0.15, 0.2) is 83.8 Å². The number of hydrogen-bond donors (Lipinski definition) is 1. The normalized spacial score (nSPS) is 13.2. The summed E-state index contributed by atoms with van der Waals surface area (Å²) in [5.74, 6) is -1.14. The number of aryl methyl sites for hydroxylation is 1. The van der Waals surface area contributed by atoms with Crippen molar-refractivity contribution in [2.45, 2.75) is 70.2 Å². The monoisotopic (exact) mass is 603 g/mol. The molecule has 11 heteroatoms. The molecule has 0 aliphatic heterocycles. The van der Waals surface area contributed by atoms with Gasteiger partial charge in [0.15, 0.2) is 0 Å². The lowest BCUT2D eigenvalue weighted by Crippen LogP contribution is -2.53. The predicted octanol–water partition coefficient (Wildman–Crippen LogP) is 5.93. The number of halogens is 3. The molecular weight excluding hydrogens is 567 g/mol. The van der Waals surface area contributed by atoms with Gasteiger partial charge in [-0.1, -0.05) is 67.9 Å². The van der Waals surface area contributed by atoms with Crippen LogP contribution < -0.4 is 9.62 Å². The molecule has 0 bridgehead atoms. The number of amides is 2. The number of nitrogens with zero attached hydrogens (tertiary/aromatic N) is 2. The maximum Gasteiger partial charge on any atom is 0.416 e. The lowest BCUT2D eigenvalue weighted by molar-refractivity contribution is -0.140. The van der Waals surface area contributed by atoms with Gasteiger partial charge in [0, 0.05) is 12.6 Å². The lowest BCUT2D eigenvalue weighted by atomic mass is 10.1. The minimum atomic E-state index is -4.74. The van der Waals surface area contributed by atoms with Gasteiger partial charge in [0.05, 0.1) is 16.1 Å². The van der Waals surface area contributed by atoms with Crippen LogP contribution in [0.5, 0.6) is 0 Å². The van der Waals surface area contributed by atoms with Crippen LogP contribution >= 0.6 is 0 Å². The van der Waals surface area contributed by atoms with Gasteiger partial charge in [0.25, 0.3) is 10.0 Å². The average molecular weight is 604 g/mol. The molecule has 0 heterocycles. The summed E-state index contributed by atoms with van der Waals surface area (Å²) in [5, 5.41) is 2.89. The van der Waals surface area contributed by atoms with Crippen molar-refractivity contribution in [1.82, 2.24) is 10.2 Å². The van der Waals surface area contributed by atoms with Gasteiger partial charge in [-0.15, -0.1) is 0 Å². The zero-order chi connectivity index (χ0) is 31.1. The lowest BCUT2D eigenvalue weighted by Gasteiger charge is -2.34. The van der Waals surface area contributed by atoms with Crippen molar-refractivity contribution in [3.05, 3.63) is 95.6 Å². The van der Waals surface area contributed by atoms with Crippen molar-refractivity contribution < 1.29 is 31.2 Å². The van der Waals surface area contributed by atoms with Crippen LogP contribution in [-0.4, -0.2) is 43.8 Å². The molecule has 0 aromatic heterocycles. The van der Waals surface area contributed by atoms with E-state index in [9.17, 15) is 31.2 Å². The first-order valence-corrected chi connectivity index (χ1v) is 15.1. The molecule has 0 aliphatic rings. The van der Waals surface area contributed by atoms with E-state index in [1.165, 1.54) is 35.2 Å². The van der Waals surface area contributed by atoms with Crippen molar-refractivity contribution in [1.29, 1.82) is 0 Å². The first kappa shape index (κ1) is 32.7. The minimum absolute atomic E-state index is 0.00659. The molecule has 0 saturated heterocycles. The van der Waals surface area contributed by atoms with Crippen LogP contribution in [0.3, 0.4) is 0 Å². The molecule has 42 heavy (non-hydrogen) atoms. The van der Waals surface area contributed by atoms with Crippen LogP contribution in [0, 0.1) is 6.92 Å². The Hall–Kier alpha value is -3.86. The number of alkyl halides is 3. The molecule has 7 nitrogen and oxygen atoms in total. The van der Waals surface area contributed by atoms with Gasteiger partial charge >= 0.3 is 6.18 Å². The molecule has 1 N–H and O–H groups in total. The van der Waals surface area contributed by atoms with Crippen LogP contribution in [0.25, 0.3) is 0 Å². The first-order valence-electron chi connectivity index (χ1n) is 13.7. The summed E-state index contributed by atoms with van der Waals surface area (Å²) in [7, 11) is -4.48. The Morgan fingerprint density at radius 3 is 2.12 bits per heavy atom. The highest BCUT2D eigenvalue weighted by atomic mass is 32.2. The molecule has 0 saturated carbocycles. The first-order chi connectivity index (χ1) is 19.8. The molecule has 0 radical (unpaired) electrons. The average Bonchev–Trinajstić information content (AvgIpc) is 2.96. The fourth-order valence-electron chi connectivity index (χ4n) is 4.34. The topological polar surface area (TPSA) is 86.8 Å². The summed E-state index contributed by atoms with van der Waals surface area (Å²) in [5.41, 5.74) is 0.314. The Morgan fingerprint density at radius 2 is 1.55 bits per heavy atom. The number of anilines is 1. The van der Waals surface area contributed by atoms with E-state index in [0.717, 1.165) is 17.7 Å². The van der Waals surface area contributed by atoms with E-state index in [4.69, 9.17) is 0 Å². The van der Waals surface area contributed by atoms with E-state index in [0.29, 0.717) is 22.4 Å². The number of rotatable bonds is 12. The van der Waals surface area contributed by atoms with Gasteiger partial charge in [0.1, 0.15) is 12.6 Å². The fraction of sp³-hybridized carbons (Fsp3) is 0.355. The second-order valence-corrected chi connectivity index (χ2v) is 12.0. The molecular formula is C31H36F3N3O4S. The van der Waals surface area contributed by atoms with E-state index in [1.54, 1.807) is 25.1 Å². The summed E-state index contributed by atoms with van der Waals surface area (Å²) >= 11 is 0. The van der Waals surface area contributed by atoms with E-state index < -0.39 is 46.2 Å². The largest absolute Gasteiger partial charge is 0.416 e. The van der Waals surface area contributed by atoms with Gasteiger partial charge in [-0.3, -0.25) is 13.9 Å². The Kier molecular flexibility index (Phi) is 10.8. The van der Waals surface area contributed by atoms with Gasteiger partial charge in [-0.25, -0.2) is 8.42 Å². The third-order valence-electron chi connectivity index (χ3n) is 6.93. The quantitative estimate of drug-likeness (QED) is 0.278. The number of hydrogen-bond acceptors (Lipinski definition) is 4. The van der Waals surface area contributed by atoms with Crippen molar-refractivity contribution in [2.75, 3.05) is 10.8 Å². The number of benzene rings is 3.